The van der Waals surface area contributed by atoms with E-state index in [1.54, 1.807) is 12.3 Å². The number of ether oxygens (including phenoxy) is 1. The monoisotopic (exact) mass is 391 g/mol. The molecule has 0 aliphatic heterocycles. The van der Waals surface area contributed by atoms with Crippen LogP contribution in [0.5, 0.6) is 5.75 Å². The summed E-state index contributed by atoms with van der Waals surface area (Å²) in [5.74, 6) is 0.392. The van der Waals surface area contributed by atoms with Gasteiger partial charge in [-0.25, -0.2) is 0 Å². The first-order valence-electron chi connectivity index (χ1n) is 9.81. The van der Waals surface area contributed by atoms with Gasteiger partial charge in [0, 0.05) is 43.8 Å². The van der Waals surface area contributed by atoms with E-state index in [1.807, 2.05) is 41.8 Å². The molecule has 0 fully saturated rings. The molecule has 0 atom stereocenters. The van der Waals surface area contributed by atoms with Gasteiger partial charge in [0.25, 0.3) is 0 Å². The van der Waals surface area contributed by atoms with Crippen LogP contribution in [-0.2, 0) is 6.61 Å². The van der Waals surface area contributed by atoms with Crippen LogP contribution in [0.3, 0.4) is 0 Å². The minimum atomic E-state index is -0.102. The van der Waals surface area contributed by atoms with Crippen molar-refractivity contribution in [1.29, 1.82) is 0 Å². The predicted octanol–water partition coefficient (Wildman–Crippen LogP) is 3.72. The molecule has 0 aliphatic rings. The lowest BCUT2D eigenvalue weighted by atomic mass is 10.2. The normalized spacial score (nSPS) is 10.9. The minimum absolute atomic E-state index is 0.102. The van der Waals surface area contributed by atoms with E-state index < -0.39 is 0 Å². The molecule has 3 aromatic rings. The molecule has 0 bridgehead atoms. The standard InChI is InChI=1S/C24H29N3O2/c1-19-24(29-18-20-8-6-5-7-9-20)23(28)14-15-27(19)22-12-10-21(11-13-22)26(4)17-16-25(2)3/h5-15H,16-18H2,1-4H3. The Morgan fingerprint density at radius 1 is 0.897 bits per heavy atom. The van der Waals surface area contributed by atoms with Gasteiger partial charge in [-0.3, -0.25) is 4.79 Å². The number of hydrogen-bond acceptors (Lipinski definition) is 4. The highest BCUT2D eigenvalue weighted by atomic mass is 16.5. The molecule has 29 heavy (non-hydrogen) atoms. The third kappa shape index (κ3) is 5.27. The number of likely N-dealkylation sites (N-methyl/N-ethyl adjacent to an activating group) is 2. The van der Waals surface area contributed by atoms with Crippen molar-refractivity contribution >= 4 is 5.69 Å². The third-order valence-corrected chi connectivity index (χ3v) is 4.97. The maximum Gasteiger partial charge on any atom is 0.223 e. The van der Waals surface area contributed by atoms with Crippen molar-refractivity contribution < 1.29 is 4.74 Å². The highest BCUT2D eigenvalue weighted by Gasteiger charge is 2.11. The molecule has 1 aromatic heterocycles. The van der Waals surface area contributed by atoms with Crippen LogP contribution in [0.2, 0.25) is 0 Å². The van der Waals surface area contributed by atoms with Gasteiger partial charge in [-0.2, -0.15) is 0 Å². The average Bonchev–Trinajstić information content (AvgIpc) is 2.73. The van der Waals surface area contributed by atoms with E-state index in [1.165, 1.54) is 0 Å². The van der Waals surface area contributed by atoms with E-state index in [-0.39, 0.29) is 5.43 Å². The van der Waals surface area contributed by atoms with Gasteiger partial charge in [0.05, 0.1) is 5.69 Å². The zero-order valence-corrected chi connectivity index (χ0v) is 17.6. The molecule has 2 aromatic carbocycles. The number of hydrogen-bond donors (Lipinski definition) is 0. The molecule has 0 amide bonds. The largest absolute Gasteiger partial charge is 0.483 e. The van der Waals surface area contributed by atoms with Crippen molar-refractivity contribution in [3.63, 3.8) is 0 Å². The van der Waals surface area contributed by atoms with Gasteiger partial charge < -0.3 is 19.1 Å². The Balaban J connectivity index is 1.79. The first kappa shape index (κ1) is 20.7. The maximum absolute atomic E-state index is 12.4. The Bertz CT molecular complexity index is 979. The lowest BCUT2D eigenvalue weighted by Crippen LogP contribution is -2.28. The van der Waals surface area contributed by atoms with Crippen molar-refractivity contribution in [2.75, 3.05) is 39.1 Å². The zero-order chi connectivity index (χ0) is 20.8. The summed E-state index contributed by atoms with van der Waals surface area (Å²) in [6, 6.07) is 19.8. The molecule has 0 aliphatic carbocycles. The summed E-state index contributed by atoms with van der Waals surface area (Å²) >= 11 is 0. The Kier molecular flexibility index (Phi) is 6.73. The van der Waals surface area contributed by atoms with Crippen molar-refractivity contribution in [2.24, 2.45) is 0 Å². The van der Waals surface area contributed by atoms with Crippen LogP contribution in [0.15, 0.2) is 71.7 Å². The van der Waals surface area contributed by atoms with Gasteiger partial charge in [0.15, 0.2) is 5.75 Å². The summed E-state index contributed by atoms with van der Waals surface area (Å²) in [5.41, 5.74) is 3.88. The van der Waals surface area contributed by atoms with Crippen molar-refractivity contribution in [3.8, 4) is 11.4 Å². The highest BCUT2D eigenvalue weighted by Crippen LogP contribution is 2.21. The molecular weight excluding hydrogens is 362 g/mol. The van der Waals surface area contributed by atoms with E-state index in [9.17, 15) is 4.79 Å². The van der Waals surface area contributed by atoms with Crippen molar-refractivity contribution in [3.05, 3.63) is 88.3 Å². The molecule has 5 nitrogen and oxygen atoms in total. The number of nitrogens with zero attached hydrogens (tertiary/aromatic N) is 3. The number of pyridine rings is 1. The lowest BCUT2D eigenvalue weighted by Gasteiger charge is -2.22. The molecule has 0 N–H and O–H groups in total. The van der Waals surface area contributed by atoms with Crippen LogP contribution in [-0.4, -0.2) is 43.7 Å². The first-order valence-corrected chi connectivity index (χ1v) is 9.81. The van der Waals surface area contributed by atoms with E-state index in [2.05, 4.69) is 55.2 Å². The molecule has 1 heterocycles. The summed E-state index contributed by atoms with van der Waals surface area (Å²) in [7, 11) is 6.25. The molecule has 0 saturated carbocycles. The van der Waals surface area contributed by atoms with Gasteiger partial charge in [-0.15, -0.1) is 0 Å². The van der Waals surface area contributed by atoms with Crippen LogP contribution in [0.25, 0.3) is 5.69 Å². The summed E-state index contributed by atoms with van der Waals surface area (Å²) in [5, 5.41) is 0. The fourth-order valence-corrected chi connectivity index (χ4v) is 3.15. The predicted molar refractivity (Wildman–Crippen MR) is 119 cm³/mol. The average molecular weight is 392 g/mol. The van der Waals surface area contributed by atoms with E-state index in [0.29, 0.717) is 12.4 Å². The fourth-order valence-electron chi connectivity index (χ4n) is 3.15. The first-order chi connectivity index (χ1) is 14.0. The summed E-state index contributed by atoms with van der Waals surface area (Å²) < 4.78 is 7.88. The molecule has 0 saturated heterocycles. The number of anilines is 1. The van der Waals surface area contributed by atoms with Gasteiger partial charge in [0.1, 0.15) is 6.61 Å². The topological polar surface area (TPSA) is 37.7 Å². The minimum Gasteiger partial charge on any atom is -0.483 e. The second-order valence-corrected chi connectivity index (χ2v) is 7.48. The summed E-state index contributed by atoms with van der Waals surface area (Å²) in [4.78, 5) is 16.8. The SMILES string of the molecule is Cc1c(OCc2ccccc2)c(=O)ccn1-c1ccc(N(C)CCN(C)C)cc1. The maximum atomic E-state index is 12.4. The van der Waals surface area contributed by atoms with Crippen LogP contribution >= 0.6 is 0 Å². The van der Waals surface area contributed by atoms with Crippen LogP contribution in [0.1, 0.15) is 11.3 Å². The molecule has 3 rings (SSSR count). The molecular formula is C24H29N3O2. The van der Waals surface area contributed by atoms with E-state index in [0.717, 1.165) is 35.7 Å². The smallest absolute Gasteiger partial charge is 0.223 e. The molecule has 0 unspecified atom stereocenters. The van der Waals surface area contributed by atoms with Crippen molar-refractivity contribution in [2.45, 2.75) is 13.5 Å². The molecule has 152 valence electrons. The van der Waals surface area contributed by atoms with Crippen molar-refractivity contribution in [1.82, 2.24) is 9.47 Å². The second-order valence-electron chi connectivity index (χ2n) is 7.48. The van der Waals surface area contributed by atoms with Crippen LogP contribution < -0.4 is 15.1 Å². The van der Waals surface area contributed by atoms with Crippen LogP contribution in [0.4, 0.5) is 5.69 Å². The molecule has 0 spiro atoms. The Morgan fingerprint density at radius 2 is 1.59 bits per heavy atom. The summed E-state index contributed by atoms with van der Waals surface area (Å²) in [6.45, 7) is 4.25. The van der Waals surface area contributed by atoms with Gasteiger partial charge in [0.2, 0.25) is 5.43 Å². The van der Waals surface area contributed by atoms with Crippen LogP contribution in [0, 0.1) is 6.92 Å². The fraction of sp³-hybridized carbons (Fsp3) is 0.292. The van der Waals surface area contributed by atoms with E-state index in [4.69, 9.17) is 4.74 Å². The number of aromatic nitrogens is 1. The lowest BCUT2D eigenvalue weighted by molar-refractivity contribution is 0.298. The van der Waals surface area contributed by atoms with Gasteiger partial charge in [-0.05, 0) is 50.8 Å². The highest BCUT2D eigenvalue weighted by molar-refractivity contribution is 5.51. The zero-order valence-electron chi connectivity index (χ0n) is 17.6. The number of rotatable bonds is 8. The van der Waals surface area contributed by atoms with Gasteiger partial charge >= 0.3 is 0 Å². The molecule has 5 heteroatoms. The Hall–Kier alpha value is -3.05. The number of benzene rings is 2. The Labute approximate surface area is 172 Å². The molecule has 0 radical (unpaired) electrons. The second kappa shape index (κ2) is 9.43. The van der Waals surface area contributed by atoms with E-state index >= 15 is 0 Å². The summed E-state index contributed by atoms with van der Waals surface area (Å²) in [6.07, 6.45) is 1.80. The Morgan fingerprint density at radius 3 is 2.24 bits per heavy atom. The third-order valence-electron chi connectivity index (χ3n) is 4.97. The quantitative estimate of drug-likeness (QED) is 0.587. The van der Waals surface area contributed by atoms with Gasteiger partial charge in [-0.1, -0.05) is 30.3 Å².